The molecule has 0 heterocycles. The van der Waals surface area contributed by atoms with E-state index < -0.39 is 0 Å². The lowest BCUT2D eigenvalue weighted by Gasteiger charge is -2.30. The zero-order valence-electron chi connectivity index (χ0n) is 16.7. The summed E-state index contributed by atoms with van der Waals surface area (Å²) in [7, 11) is 0. The Bertz CT molecular complexity index is 649. The number of rotatable bonds is 9. The minimum Gasteiger partial charge on any atom is -0.304 e. The fourth-order valence-corrected chi connectivity index (χ4v) is 3.89. The second-order valence-corrected chi connectivity index (χ2v) is 9.60. The van der Waals surface area contributed by atoms with Crippen LogP contribution in [0.5, 0.6) is 0 Å². The molecule has 0 aliphatic rings. The van der Waals surface area contributed by atoms with E-state index in [-0.39, 0.29) is 11.2 Å². The third-order valence-corrected chi connectivity index (χ3v) is 6.00. The van der Waals surface area contributed by atoms with Crippen molar-refractivity contribution < 1.29 is 8.37 Å². The number of benzene rings is 2. The Hall–Kier alpha value is -0.940. The van der Waals surface area contributed by atoms with Gasteiger partial charge < -0.3 is 8.37 Å². The van der Waals surface area contributed by atoms with Crippen LogP contribution in [0.25, 0.3) is 0 Å². The standard InChI is InChI=1S/C22H30O2S2/c1-17-9-7-11-19(15-17)25-23-21(3,4)13-14-22(5,6)24-26-20-12-8-10-18(2)16-20/h7-12,15-16H,13-14H2,1-6H3. The summed E-state index contributed by atoms with van der Waals surface area (Å²) in [4.78, 5) is 2.28. The second kappa shape index (κ2) is 9.32. The van der Waals surface area contributed by atoms with Crippen LogP contribution in [0.2, 0.25) is 0 Å². The third kappa shape index (κ3) is 7.75. The SMILES string of the molecule is Cc1cccc(SOC(C)(C)CCC(C)(C)OSc2cccc(C)c2)c1. The Morgan fingerprint density at radius 3 is 1.42 bits per heavy atom. The van der Waals surface area contributed by atoms with Crippen LogP contribution in [0.3, 0.4) is 0 Å². The van der Waals surface area contributed by atoms with Gasteiger partial charge in [-0.15, -0.1) is 0 Å². The maximum absolute atomic E-state index is 6.10. The van der Waals surface area contributed by atoms with E-state index >= 15 is 0 Å². The van der Waals surface area contributed by atoms with E-state index in [0.717, 1.165) is 22.6 Å². The van der Waals surface area contributed by atoms with Crippen LogP contribution in [-0.4, -0.2) is 11.2 Å². The van der Waals surface area contributed by atoms with E-state index in [1.54, 1.807) is 0 Å². The Labute approximate surface area is 167 Å². The van der Waals surface area contributed by atoms with Gasteiger partial charge in [0, 0.05) is 33.9 Å². The molecule has 0 saturated carbocycles. The Balaban J connectivity index is 1.80. The molecule has 4 heteroatoms. The van der Waals surface area contributed by atoms with Gasteiger partial charge in [0.25, 0.3) is 0 Å². The average molecular weight is 391 g/mol. The lowest BCUT2D eigenvalue weighted by atomic mass is 9.94. The summed E-state index contributed by atoms with van der Waals surface area (Å²) in [5, 5.41) is 0. The predicted molar refractivity (Wildman–Crippen MR) is 114 cm³/mol. The average Bonchev–Trinajstić information content (AvgIpc) is 2.57. The minimum atomic E-state index is -0.219. The minimum absolute atomic E-state index is 0.219. The van der Waals surface area contributed by atoms with Crippen molar-refractivity contribution in [1.29, 1.82) is 0 Å². The Morgan fingerprint density at radius 2 is 1.08 bits per heavy atom. The normalized spacial score (nSPS) is 12.4. The summed E-state index contributed by atoms with van der Waals surface area (Å²) in [5.41, 5.74) is 2.06. The molecule has 142 valence electrons. The van der Waals surface area contributed by atoms with E-state index in [0.29, 0.717) is 0 Å². The van der Waals surface area contributed by atoms with E-state index in [1.165, 1.54) is 35.2 Å². The molecule has 2 aromatic rings. The second-order valence-electron chi connectivity index (χ2n) is 7.99. The van der Waals surface area contributed by atoms with Crippen molar-refractivity contribution in [2.24, 2.45) is 0 Å². The van der Waals surface area contributed by atoms with Crippen LogP contribution in [0.15, 0.2) is 58.3 Å². The van der Waals surface area contributed by atoms with Gasteiger partial charge in [0.15, 0.2) is 0 Å². The Morgan fingerprint density at radius 1 is 0.692 bits per heavy atom. The van der Waals surface area contributed by atoms with Crippen LogP contribution >= 0.6 is 24.1 Å². The molecule has 0 unspecified atom stereocenters. The molecule has 0 radical (unpaired) electrons. The largest absolute Gasteiger partial charge is 0.304 e. The summed E-state index contributed by atoms with van der Waals surface area (Å²) in [6, 6.07) is 16.8. The van der Waals surface area contributed by atoms with Crippen LogP contribution < -0.4 is 0 Å². The maximum atomic E-state index is 6.10. The highest BCUT2D eigenvalue weighted by atomic mass is 32.2. The van der Waals surface area contributed by atoms with E-state index in [4.69, 9.17) is 8.37 Å². The van der Waals surface area contributed by atoms with Gasteiger partial charge in [0.2, 0.25) is 0 Å². The quantitative estimate of drug-likeness (QED) is 0.415. The molecule has 0 amide bonds. The predicted octanol–water partition coefficient (Wildman–Crippen LogP) is 7.39. The summed E-state index contributed by atoms with van der Waals surface area (Å²) in [6.07, 6.45) is 1.85. The molecule has 2 aromatic carbocycles. The van der Waals surface area contributed by atoms with Gasteiger partial charge in [-0.3, -0.25) is 0 Å². The highest BCUT2D eigenvalue weighted by Crippen LogP contribution is 2.34. The van der Waals surface area contributed by atoms with Crippen LogP contribution in [-0.2, 0) is 8.37 Å². The fourth-order valence-electron chi connectivity index (χ4n) is 2.34. The summed E-state index contributed by atoms with van der Waals surface area (Å²) in [5.74, 6) is 0. The van der Waals surface area contributed by atoms with Gasteiger partial charge >= 0.3 is 0 Å². The summed E-state index contributed by atoms with van der Waals surface area (Å²) in [6.45, 7) is 12.8. The molecule has 26 heavy (non-hydrogen) atoms. The molecule has 2 rings (SSSR count). The van der Waals surface area contributed by atoms with Gasteiger partial charge in [-0.2, -0.15) is 0 Å². The lowest BCUT2D eigenvalue weighted by molar-refractivity contribution is 0.0697. The first-order valence-corrected chi connectivity index (χ1v) is 10.5. The topological polar surface area (TPSA) is 18.5 Å². The van der Waals surface area contributed by atoms with Crippen LogP contribution in [0, 0.1) is 13.8 Å². The zero-order chi connectivity index (χ0) is 19.2. The summed E-state index contributed by atoms with van der Waals surface area (Å²) >= 11 is 2.92. The van der Waals surface area contributed by atoms with E-state index in [9.17, 15) is 0 Å². The molecule has 0 atom stereocenters. The van der Waals surface area contributed by atoms with Crippen LogP contribution in [0.4, 0.5) is 0 Å². The molecule has 0 aliphatic carbocycles. The van der Waals surface area contributed by atoms with Gasteiger partial charge in [-0.05, 0) is 89.8 Å². The summed E-state index contributed by atoms with van der Waals surface area (Å²) < 4.78 is 12.2. The molecule has 0 saturated heterocycles. The molecule has 0 spiro atoms. The molecule has 0 aliphatic heterocycles. The van der Waals surface area contributed by atoms with Gasteiger partial charge in [-0.1, -0.05) is 24.3 Å². The molecule has 0 fully saturated rings. The highest BCUT2D eigenvalue weighted by Gasteiger charge is 2.27. The smallest absolute Gasteiger partial charge is 0.0778 e. The molecular formula is C22H30O2S2. The number of hydrogen-bond acceptors (Lipinski definition) is 4. The van der Waals surface area contributed by atoms with Gasteiger partial charge in [-0.25, -0.2) is 0 Å². The first-order valence-electron chi connectivity index (χ1n) is 9.00. The van der Waals surface area contributed by atoms with E-state index in [1.807, 2.05) is 0 Å². The zero-order valence-corrected chi connectivity index (χ0v) is 18.3. The highest BCUT2D eigenvalue weighted by molar-refractivity contribution is 7.95. The van der Waals surface area contributed by atoms with Crippen molar-refractivity contribution in [2.45, 2.75) is 75.4 Å². The van der Waals surface area contributed by atoms with Gasteiger partial charge in [0.05, 0.1) is 11.2 Å². The van der Waals surface area contributed by atoms with Crippen molar-refractivity contribution in [3.05, 3.63) is 59.7 Å². The first kappa shape index (κ1) is 21.4. The first-order chi connectivity index (χ1) is 12.2. The maximum Gasteiger partial charge on any atom is 0.0778 e. The fraction of sp³-hybridized carbons (Fsp3) is 0.455. The molecule has 2 nitrogen and oxygen atoms in total. The van der Waals surface area contributed by atoms with Gasteiger partial charge in [0.1, 0.15) is 0 Å². The lowest BCUT2D eigenvalue weighted by Crippen LogP contribution is -2.28. The molecule has 0 N–H and O–H groups in total. The number of hydrogen-bond donors (Lipinski definition) is 0. The van der Waals surface area contributed by atoms with Crippen LogP contribution in [0.1, 0.15) is 51.7 Å². The van der Waals surface area contributed by atoms with Crippen molar-refractivity contribution in [1.82, 2.24) is 0 Å². The monoisotopic (exact) mass is 390 g/mol. The molecular weight excluding hydrogens is 360 g/mol. The number of aryl methyl sites for hydroxylation is 2. The third-order valence-electron chi connectivity index (χ3n) is 4.04. The molecule has 0 aromatic heterocycles. The molecule has 0 bridgehead atoms. The van der Waals surface area contributed by atoms with Crippen molar-refractivity contribution in [2.75, 3.05) is 0 Å². The van der Waals surface area contributed by atoms with Crippen molar-refractivity contribution in [3.8, 4) is 0 Å². The Kier molecular flexibility index (Phi) is 7.65. The van der Waals surface area contributed by atoms with E-state index in [2.05, 4.69) is 90.1 Å². The van der Waals surface area contributed by atoms with Crippen molar-refractivity contribution >= 4 is 24.1 Å². The van der Waals surface area contributed by atoms with Crippen molar-refractivity contribution in [3.63, 3.8) is 0 Å².